The first-order valence-electron chi connectivity index (χ1n) is 23.4. The lowest BCUT2D eigenvalue weighted by atomic mass is 9.85. The van der Waals surface area contributed by atoms with Crippen molar-refractivity contribution < 1.29 is 24.3 Å². The van der Waals surface area contributed by atoms with Crippen molar-refractivity contribution in [3.8, 4) is 38.5 Å². The number of nitrogens with one attached hydrogen (secondary N) is 4. The van der Waals surface area contributed by atoms with Gasteiger partial charge in [0.05, 0.1) is 74.3 Å². The Hall–Kier alpha value is -6.62. The van der Waals surface area contributed by atoms with Crippen molar-refractivity contribution in [2.24, 2.45) is 17.3 Å². The second kappa shape index (κ2) is 19.4. The summed E-state index contributed by atoms with van der Waals surface area (Å²) in [5, 5.41) is 47.7. The summed E-state index contributed by atoms with van der Waals surface area (Å²) in [6.07, 6.45) is 6.06. The van der Waals surface area contributed by atoms with Crippen LogP contribution in [0.4, 0.5) is 5.69 Å². The van der Waals surface area contributed by atoms with E-state index in [0.29, 0.717) is 12.0 Å². The molecule has 5 aromatic heterocycles. The number of likely N-dealkylation sites (tertiary alicyclic amines) is 1. The Morgan fingerprint density at radius 2 is 1.67 bits per heavy atom. The molecule has 69 heavy (non-hydrogen) atoms. The van der Waals surface area contributed by atoms with Gasteiger partial charge in [0.15, 0.2) is 5.01 Å². The zero-order valence-corrected chi connectivity index (χ0v) is 41.0. The molecule has 1 aliphatic heterocycles. The molecule has 9 rings (SSSR count). The number of nitriles is 1. The van der Waals surface area contributed by atoms with Gasteiger partial charge in [-0.25, -0.2) is 9.50 Å². The fourth-order valence-electron chi connectivity index (χ4n) is 9.57. The van der Waals surface area contributed by atoms with Crippen LogP contribution in [0.15, 0.2) is 66.4 Å². The van der Waals surface area contributed by atoms with E-state index in [9.17, 15) is 29.5 Å². The second-order valence-electron chi connectivity index (χ2n) is 19.6. The van der Waals surface area contributed by atoms with Gasteiger partial charge in [0.25, 0.3) is 0 Å². The van der Waals surface area contributed by atoms with Gasteiger partial charge in [0.1, 0.15) is 23.2 Å². The second-order valence-corrected chi connectivity index (χ2v) is 21.4. The van der Waals surface area contributed by atoms with Crippen LogP contribution in [0.3, 0.4) is 0 Å². The standard InChI is InChI=1S/C50H56N12O5S2/c1-26(29-7-9-30(10-8-29)42-27(2)54-25-68-42)56-46(66)41-18-34(63)24-61(41)49(67)43(50(3,4)5)58-45(65)36-19-35(36)44(64)57-32-13-11-31(12-14-32)47-59-60-48(69-47)37-23-53-39(20-38(37)52-6)40-16-15-33-17-28(21-51)22-55-62(33)40/h7-10,15-17,20,22-23,25-26,31-32,34-36,41,43,63H,11-14,18-19,24H2,1-6H3,(H,52,53)(H,56,66)(H,57,64)(H,58,65)/t26-,31?,32?,34+,35+,36-,41-,43+/m0/s1. The van der Waals surface area contributed by atoms with Crippen LogP contribution in [0.1, 0.15) is 100 Å². The van der Waals surface area contributed by atoms with Gasteiger partial charge in [-0.2, -0.15) is 10.4 Å². The normalized spacial score (nSPS) is 22.1. The number of carbonyl (C=O) groups excluding carboxylic acids is 4. The third kappa shape index (κ3) is 9.96. The Morgan fingerprint density at radius 1 is 0.913 bits per heavy atom. The predicted octanol–water partition coefficient (Wildman–Crippen LogP) is 6.41. The number of β-amino-alcohol motifs (C(OH)–C–C–N with tert-alkyl or cyclic N) is 1. The van der Waals surface area contributed by atoms with Crippen LogP contribution >= 0.6 is 22.7 Å². The van der Waals surface area contributed by atoms with E-state index in [0.717, 1.165) is 85.6 Å². The third-order valence-corrected chi connectivity index (χ3v) is 15.8. The Bertz CT molecular complexity index is 2940. The maximum Gasteiger partial charge on any atom is 0.246 e. The van der Waals surface area contributed by atoms with E-state index in [-0.39, 0.29) is 48.7 Å². The number of anilines is 1. The van der Waals surface area contributed by atoms with Gasteiger partial charge in [0, 0.05) is 43.9 Å². The number of aliphatic hydroxyl groups excluding tert-OH is 1. The average Bonchev–Trinajstić information content (AvgIpc) is 3.71. The number of aliphatic hydroxyl groups is 1. The average molecular weight is 969 g/mol. The van der Waals surface area contributed by atoms with Crippen LogP contribution in [-0.4, -0.2) is 101 Å². The molecule has 5 N–H and O–H groups in total. The number of thiazole rings is 1. The van der Waals surface area contributed by atoms with Gasteiger partial charge in [-0.05, 0) is 86.8 Å². The minimum atomic E-state index is -0.990. The molecule has 0 spiro atoms. The van der Waals surface area contributed by atoms with Crippen molar-refractivity contribution in [2.45, 2.75) is 109 Å². The molecule has 2 saturated carbocycles. The van der Waals surface area contributed by atoms with Crippen molar-refractivity contribution in [3.05, 3.63) is 88.3 Å². The summed E-state index contributed by atoms with van der Waals surface area (Å²) in [6.45, 7) is 9.36. The molecule has 0 radical (unpaired) electrons. The summed E-state index contributed by atoms with van der Waals surface area (Å²) < 4.78 is 1.76. The number of hydrogen-bond acceptors (Lipinski definition) is 14. The van der Waals surface area contributed by atoms with Crippen LogP contribution in [0.2, 0.25) is 0 Å². The highest BCUT2D eigenvalue weighted by atomic mass is 32.1. The Morgan fingerprint density at radius 3 is 2.36 bits per heavy atom. The fraction of sp³-hybridized carbons (Fsp3) is 0.440. The van der Waals surface area contributed by atoms with E-state index in [1.54, 1.807) is 39.5 Å². The van der Waals surface area contributed by atoms with Crippen LogP contribution < -0.4 is 21.3 Å². The molecule has 0 bridgehead atoms. The summed E-state index contributed by atoms with van der Waals surface area (Å²) >= 11 is 3.11. The summed E-state index contributed by atoms with van der Waals surface area (Å²) in [6, 6.07) is 15.3. The molecule has 3 aliphatic rings. The summed E-state index contributed by atoms with van der Waals surface area (Å²) in [5.41, 5.74) is 8.46. The number of rotatable bonds is 13. The molecule has 19 heteroatoms. The molecular weight excluding hydrogens is 913 g/mol. The third-order valence-electron chi connectivity index (χ3n) is 13.7. The highest BCUT2D eigenvalue weighted by molar-refractivity contribution is 7.14. The van der Waals surface area contributed by atoms with Gasteiger partial charge in [-0.3, -0.25) is 24.2 Å². The molecule has 358 valence electrons. The van der Waals surface area contributed by atoms with Gasteiger partial charge >= 0.3 is 0 Å². The minimum Gasteiger partial charge on any atom is -0.391 e. The molecule has 6 aromatic rings. The number of fused-ring (bicyclic) bond motifs is 1. The molecule has 3 fully saturated rings. The molecule has 17 nitrogen and oxygen atoms in total. The van der Waals surface area contributed by atoms with Crippen LogP contribution in [0.25, 0.3) is 37.9 Å². The van der Waals surface area contributed by atoms with Crippen LogP contribution in [-0.2, 0) is 19.2 Å². The largest absolute Gasteiger partial charge is 0.391 e. The Labute approximate surface area is 408 Å². The van der Waals surface area contributed by atoms with Gasteiger partial charge in [-0.1, -0.05) is 56.4 Å². The number of aromatic nitrogens is 6. The first-order chi connectivity index (χ1) is 33.1. The van der Waals surface area contributed by atoms with E-state index >= 15 is 0 Å². The maximum absolute atomic E-state index is 14.3. The molecule has 4 amide bonds. The molecule has 0 unspecified atom stereocenters. The number of hydrogen-bond donors (Lipinski definition) is 5. The van der Waals surface area contributed by atoms with Gasteiger partial charge in [0.2, 0.25) is 23.6 Å². The fourth-order valence-corrected chi connectivity index (χ4v) is 11.4. The van der Waals surface area contributed by atoms with Crippen molar-refractivity contribution in [1.82, 2.24) is 50.6 Å². The minimum absolute atomic E-state index is 0.0327. The number of carbonyl (C=O) groups is 4. The van der Waals surface area contributed by atoms with E-state index in [1.165, 1.54) is 11.1 Å². The van der Waals surface area contributed by atoms with E-state index in [4.69, 9.17) is 4.98 Å². The number of benzene rings is 1. The molecule has 6 heterocycles. The number of pyridine rings is 1. The SMILES string of the molecule is CNc1cc(-c2ccc3cc(C#N)cnn23)ncc1-c1nnc(C2CCC(NC(=O)[C@@H]3C[C@@H]3C(=O)N[C@H](C(=O)N3C[C@H](O)C[C@H]3C(=O)N[C@@H](C)c3ccc(-c4scnc4C)cc3)C(C)(C)C)CC2)s1. The topological polar surface area (TPSA) is 233 Å². The van der Waals surface area contributed by atoms with Crippen molar-refractivity contribution in [1.29, 1.82) is 5.26 Å². The highest BCUT2D eigenvalue weighted by Crippen LogP contribution is 2.42. The lowest BCUT2D eigenvalue weighted by Gasteiger charge is -2.35. The van der Waals surface area contributed by atoms with Gasteiger partial charge in [-0.15, -0.1) is 21.5 Å². The van der Waals surface area contributed by atoms with E-state index < -0.39 is 41.3 Å². The zero-order valence-electron chi connectivity index (χ0n) is 39.4. The Kier molecular flexibility index (Phi) is 13.3. The van der Waals surface area contributed by atoms with Crippen molar-refractivity contribution in [3.63, 3.8) is 0 Å². The quantitative estimate of drug-likeness (QED) is 0.0846. The monoisotopic (exact) mass is 968 g/mol. The first kappa shape index (κ1) is 47.4. The first-order valence-corrected chi connectivity index (χ1v) is 25.1. The van der Waals surface area contributed by atoms with Crippen LogP contribution in [0, 0.1) is 35.5 Å². The van der Waals surface area contributed by atoms with Crippen molar-refractivity contribution >= 4 is 57.5 Å². The van der Waals surface area contributed by atoms with E-state index in [2.05, 4.69) is 47.6 Å². The highest BCUT2D eigenvalue weighted by Gasteiger charge is 2.51. The molecule has 1 saturated heterocycles. The smallest absolute Gasteiger partial charge is 0.246 e. The number of amides is 4. The molecular formula is C50H56N12O5S2. The molecule has 1 aromatic carbocycles. The lowest BCUT2D eigenvalue weighted by Crippen LogP contribution is -2.58. The van der Waals surface area contributed by atoms with Gasteiger partial charge < -0.3 is 31.3 Å². The maximum atomic E-state index is 14.3. The summed E-state index contributed by atoms with van der Waals surface area (Å²) in [5.74, 6) is -2.23. The summed E-state index contributed by atoms with van der Waals surface area (Å²) in [4.78, 5) is 66.9. The molecule has 2 aliphatic carbocycles. The summed E-state index contributed by atoms with van der Waals surface area (Å²) in [7, 11) is 1.85. The predicted molar refractivity (Wildman–Crippen MR) is 263 cm³/mol. The molecule has 6 atom stereocenters. The van der Waals surface area contributed by atoms with E-state index in [1.807, 2.05) is 89.6 Å². The Balaban J connectivity index is 0.763. The van der Waals surface area contributed by atoms with Crippen LogP contribution in [0.5, 0.6) is 0 Å². The zero-order chi connectivity index (χ0) is 48.7. The van der Waals surface area contributed by atoms with Crippen molar-refractivity contribution in [2.75, 3.05) is 18.9 Å². The number of aryl methyl sites for hydroxylation is 1. The number of nitrogens with zero attached hydrogens (tertiary/aromatic N) is 8. The lowest BCUT2D eigenvalue weighted by molar-refractivity contribution is -0.144.